The topological polar surface area (TPSA) is 87.9 Å². The van der Waals surface area contributed by atoms with Gasteiger partial charge in [-0.1, -0.05) is 0 Å². The van der Waals surface area contributed by atoms with Crippen molar-refractivity contribution in [2.75, 3.05) is 24.6 Å². The van der Waals surface area contributed by atoms with E-state index in [1.165, 1.54) is 0 Å². The van der Waals surface area contributed by atoms with Gasteiger partial charge in [0.1, 0.15) is 5.76 Å². The van der Waals surface area contributed by atoms with Gasteiger partial charge in [0, 0.05) is 25.6 Å². The average molecular weight is 354 g/mol. The Morgan fingerprint density at radius 3 is 2.83 bits per heavy atom. The second-order valence-electron chi connectivity index (χ2n) is 6.44. The molecule has 3 heterocycles. The zero-order valence-corrected chi connectivity index (χ0v) is 14.5. The van der Waals surface area contributed by atoms with Crippen molar-refractivity contribution in [3.8, 4) is 0 Å². The number of hydrogen-bond donors (Lipinski definition) is 0. The number of hydrogen-bond acceptors (Lipinski definition) is 5. The molecule has 0 aromatic carbocycles. The zero-order valence-electron chi connectivity index (χ0n) is 13.7. The standard InChI is InChI=1S/C16H22N2O5S/c1-2-18(13-5-7-24(21,22)11-13)16(20)12-8-15(19)17(9-12)10-14-4-3-6-23-14/h3-4,6,12-13H,2,5,7-11H2,1H3. The predicted molar refractivity (Wildman–Crippen MR) is 86.7 cm³/mol. The normalized spacial score (nSPS) is 26.0. The van der Waals surface area contributed by atoms with Gasteiger partial charge in [-0.3, -0.25) is 9.59 Å². The molecule has 1 aromatic rings. The first kappa shape index (κ1) is 17.0. The molecule has 2 saturated heterocycles. The van der Waals surface area contributed by atoms with E-state index in [4.69, 9.17) is 4.42 Å². The van der Waals surface area contributed by atoms with Crippen LogP contribution in [0.4, 0.5) is 0 Å². The van der Waals surface area contributed by atoms with E-state index < -0.39 is 15.8 Å². The maximum absolute atomic E-state index is 12.8. The van der Waals surface area contributed by atoms with Gasteiger partial charge in [0.2, 0.25) is 11.8 Å². The first-order chi connectivity index (χ1) is 11.4. The molecule has 2 unspecified atom stereocenters. The molecule has 0 aliphatic carbocycles. The molecule has 24 heavy (non-hydrogen) atoms. The minimum atomic E-state index is -3.05. The van der Waals surface area contributed by atoms with E-state index in [9.17, 15) is 18.0 Å². The molecule has 2 amide bonds. The molecule has 2 fully saturated rings. The first-order valence-electron chi connectivity index (χ1n) is 8.20. The molecule has 7 nitrogen and oxygen atoms in total. The molecule has 2 aliphatic heterocycles. The molecule has 8 heteroatoms. The third-order valence-electron chi connectivity index (χ3n) is 4.76. The molecule has 2 aliphatic rings. The van der Waals surface area contributed by atoms with Crippen molar-refractivity contribution < 1.29 is 22.4 Å². The Kier molecular flexibility index (Phi) is 4.67. The Bertz CT molecular complexity index is 713. The molecular formula is C16H22N2O5S. The van der Waals surface area contributed by atoms with Gasteiger partial charge in [-0.15, -0.1) is 0 Å². The van der Waals surface area contributed by atoms with Crippen LogP contribution in [0.3, 0.4) is 0 Å². The van der Waals surface area contributed by atoms with Crippen molar-refractivity contribution in [1.82, 2.24) is 9.80 Å². The van der Waals surface area contributed by atoms with Gasteiger partial charge in [0.25, 0.3) is 0 Å². The second kappa shape index (κ2) is 6.58. The van der Waals surface area contributed by atoms with Crippen molar-refractivity contribution in [3.63, 3.8) is 0 Å². The summed E-state index contributed by atoms with van der Waals surface area (Å²) in [5.74, 6) is 0.259. The van der Waals surface area contributed by atoms with E-state index in [0.717, 1.165) is 0 Å². The van der Waals surface area contributed by atoms with Crippen LogP contribution in [0.15, 0.2) is 22.8 Å². The Morgan fingerprint density at radius 2 is 2.25 bits per heavy atom. The van der Waals surface area contributed by atoms with Crippen LogP contribution in [-0.2, 0) is 26.0 Å². The number of rotatable bonds is 5. The molecule has 0 N–H and O–H groups in total. The van der Waals surface area contributed by atoms with E-state index >= 15 is 0 Å². The van der Waals surface area contributed by atoms with Gasteiger partial charge in [-0.05, 0) is 25.5 Å². The van der Waals surface area contributed by atoms with Crippen LogP contribution in [0.1, 0.15) is 25.5 Å². The fourth-order valence-electron chi connectivity index (χ4n) is 3.53. The van der Waals surface area contributed by atoms with Gasteiger partial charge in [-0.2, -0.15) is 0 Å². The van der Waals surface area contributed by atoms with Gasteiger partial charge >= 0.3 is 0 Å². The van der Waals surface area contributed by atoms with Gasteiger partial charge in [0.05, 0.1) is 30.2 Å². The smallest absolute Gasteiger partial charge is 0.228 e. The lowest BCUT2D eigenvalue weighted by Gasteiger charge is -2.29. The summed E-state index contributed by atoms with van der Waals surface area (Å²) < 4.78 is 28.6. The quantitative estimate of drug-likeness (QED) is 0.775. The van der Waals surface area contributed by atoms with E-state index in [-0.39, 0.29) is 35.8 Å². The van der Waals surface area contributed by atoms with Gasteiger partial charge in [-0.25, -0.2) is 8.42 Å². The fourth-order valence-corrected chi connectivity index (χ4v) is 5.26. The van der Waals surface area contributed by atoms with E-state index in [1.54, 1.807) is 28.2 Å². The SMILES string of the molecule is CCN(C(=O)C1CC(=O)N(Cc2ccco2)C1)C1CCS(=O)(=O)C1. The summed E-state index contributed by atoms with van der Waals surface area (Å²) in [5.41, 5.74) is 0. The van der Waals surface area contributed by atoms with Crippen LogP contribution < -0.4 is 0 Å². The predicted octanol–water partition coefficient (Wildman–Crippen LogP) is 0.664. The summed E-state index contributed by atoms with van der Waals surface area (Å²) in [4.78, 5) is 28.2. The average Bonchev–Trinajstić information content (AvgIpc) is 3.23. The lowest BCUT2D eigenvalue weighted by Crippen LogP contribution is -2.44. The van der Waals surface area contributed by atoms with E-state index in [0.29, 0.717) is 31.8 Å². The molecule has 0 saturated carbocycles. The van der Waals surface area contributed by atoms with Gasteiger partial charge in [0.15, 0.2) is 9.84 Å². The lowest BCUT2D eigenvalue weighted by molar-refractivity contribution is -0.137. The van der Waals surface area contributed by atoms with Gasteiger partial charge < -0.3 is 14.2 Å². The van der Waals surface area contributed by atoms with Crippen LogP contribution in [0, 0.1) is 5.92 Å². The Labute approximate surface area is 141 Å². The second-order valence-corrected chi connectivity index (χ2v) is 8.66. The summed E-state index contributed by atoms with van der Waals surface area (Å²) in [7, 11) is -3.05. The van der Waals surface area contributed by atoms with Crippen molar-refractivity contribution in [3.05, 3.63) is 24.2 Å². The molecule has 0 bridgehead atoms. The Balaban J connectivity index is 1.65. The minimum Gasteiger partial charge on any atom is -0.467 e. The van der Waals surface area contributed by atoms with E-state index in [2.05, 4.69) is 0 Å². The fraction of sp³-hybridized carbons (Fsp3) is 0.625. The molecule has 3 rings (SSSR count). The minimum absolute atomic E-state index is 0.0311. The number of carbonyl (C=O) groups is 2. The van der Waals surface area contributed by atoms with Crippen LogP contribution in [0.2, 0.25) is 0 Å². The third-order valence-corrected chi connectivity index (χ3v) is 6.51. The van der Waals surface area contributed by atoms with Crippen LogP contribution in [0.25, 0.3) is 0 Å². The highest BCUT2D eigenvalue weighted by molar-refractivity contribution is 7.91. The number of furan rings is 1. The Hall–Kier alpha value is -1.83. The number of amides is 2. The molecular weight excluding hydrogens is 332 g/mol. The maximum Gasteiger partial charge on any atom is 0.228 e. The number of carbonyl (C=O) groups excluding carboxylic acids is 2. The lowest BCUT2D eigenvalue weighted by atomic mass is 10.1. The molecule has 0 radical (unpaired) electrons. The summed E-state index contributed by atoms with van der Waals surface area (Å²) in [6.45, 7) is 3.02. The first-order valence-corrected chi connectivity index (χ1v) is 10.0. The monoisotopic (exact) mass is 354 g/mol. The van der Waals surface area contributed by atoms with Crippen LogP contribution in [0.5, 0.6) is 0 Å². The summed E-state index contributed by atoms with van der Waals surface area (Å²) in [5, 5.41) is 0. The summed E-state index contributed by atoms with van der Waals surface area (Å²) >= 11 is 0. The molecule has 132 valence electrons. The molecule has 2 atom stereocenters. The largest absolute Gasteiger partial charge is 0.467 e. The maximum atomic E-state index is 12.8. The molecule has 0 spiro atoms. The third kappa shape index (κ3) is 3.48. The highest BCUT2D eigenvalue weighted by Gasteiger charge is 2.40. The number of sulfone groups is 1. The summed E-state index contributed by atoms with van der Waals surface area (Å²) in [6.07, 6.45) is 2.21. The highest BCUT2D eigenvalue weighted by atomic mass is 32.2. The van der Waals surface area contributed by atoms with E-state index in [1.807, 2.05) is 6.92 Å². The Morgan fingerprint density at radius 1 is 1.46 bits per heavy atom. The van der Waals surface area contributed by atoms with Crippen LogP contribution in [-0.4, -0.2) is 60.7 Å². The summed E-state index contributed by atoms with van der Waals surface area (Å²) in [6, 6.07) is 3.30. The van der Waals surface area contributed by atoms with Crippen molar-refractivity contribution in [2.24, 2.45) is 5.92 Å². The highest BCUT2D eigenvalue weighted by Crippen LogP contribution is 2.25. The van der Waals surface area contributed by atoms with Crippen molar-refractivity contribution in [1.29, 1.82) is 0 Å². The van der Waals surface area contributed by atoms with Crippen molar-refractivity contribution >= 4 is 21.7 Å². The zero-order chi connectivity index (χ0) is 17.3. The number of likely N-dealkylation sites (tertiary alicyclic amines) is 1. The molecule has 1 aromatic heterocycles. The van der Waals surface area contributed by atoms with Crippen LogP contribution >= 0.6 is 0 Å². The van der Waals surface area contributed by atoms with Crippen molar-refractivity contribution in [2.45, 2.75) is 32.4 Å². The number of nitrogens with zero attached hydrogens (tertiary/aromatic N) is 2.